The average molecular weight is 288 g/mol. The number of hydrogen-bond donors (Lipinski definition) is 1. The number of carbonyl (C=O) groups excluding carboxylic acids is 3. The molecule has 0 bridgehead atoms. The first-order valence-electron chi connectivity index (χ1n) is 7.09. The third-order valence-electron chi connectivity index (χ3n) is 3.98. The molecular weight excluding hydrogens is 268 g/mol. The SMILES string of the molecule is CNC(=O)C(CCC=O)N1C(=O)c2ccc(C)cc2C1C. The summed E-state index contributed by atoms with van der Waals surface area (Å²) in [6.45, 7) is 3.89. The van der Waals surface area contributed by atoms with E-state index in [1.165, 1.54) is 0 Å². The Labute approximate surface area is 124 Å². The van der Waals surface area contributed by atoms with Crippen molar-refractivity contribution in [2.75, 3.05) is 7.05 Å². The van der Waals surface area contributed by atoms with E-state index in [-0.39, 0.29) is 24.3 Å². The van der Waals surface area contributed by atoms with Crippen molar-refractivity contribution in [3.63, 3.8) is 0 Å². The molecule has 1 aliphatic rings. The predicted octanol–water partition coefficient (Wildman–Crippen LogP) is 1.61. The third kappa shape index (κ3) is 2.68. The first kappa shape index (κ1) is 15.2. The van der Waals surface area contributed by atoms with Crippen molar-refractivity contribution >= 4 is 18.1 Å². The number of fused-ring (bicyclic) bond motifs is 1. The quantitative estimate of drug-likeness (QED) is 0.837. The second-order valence-corrected chi connectivity index (χ2v) is 5.35. The van der Waals surface area contributed by atoms with Crippen molar-refractivity contribution < 1.29 is 14.4 Å². The number of benzene rings is 1. The lowest BCUT2D eigenvalue weighted by Crippen LogP contribution is -2.47. The van der Waals surface area contributed by atoms with Crippen molar-refractivity contribution in [1.29, 1.82) is 0 Å². The molecule has 1 aromatic rings. The number of nitrogens with zero attached hydrogens (tertiary/aromatic N) is 1. The number of likely N-dealkylation sites (N-methyl/N-ethyl adjacent to an activating group) is 1. The molecule has 21 heavy (non-hydrogen) atoms. The molecule has 2 atom stereocenters. The predicted molar refractivity (Wildman–Crippen MR) is 78.9 cm³/mol. The molecule has 1 N–H and O–H groups in total. The van der Waals surface area contributed by atoms with E-state index in [0.717, 1.165) is 17.4 Å². The normalized spacial score (nSPS) is 18.3. The summed E-state index contributed by atoms with van der Waals surface area (Å²) >= 11 is 0. The lowest BCUT2D eigenvalue weighted by Gasteiger charge is -2.30. The minimum atomic E-state index is -0.615. The Balaban J connectivity index is 2.37. The molecule has 0 spiro atoms. The summed E-state index contributed by atoms with van der Waals surface area (Å²) < 4.78 is 0. The largest absolute Gasteiger partial charge is 0.357 e. The highest BCUT2D eigenvalue weighted by molar-refractivity contribution is 6.02. The second-order valence-electron chi connectivity index (χ2n) is 5.35. The van der Waals surface area contributed by atoms with Gasteiger partial charge in [0.25, 0.3) is 5.91 Å². The second kappa shape index (κ2) is 6.08. The van der Waals surface area contributed by atoms with Gasteiger partial charge in [0.2, 0.25) is 5.91 Å². The summed E-state index contributed by atoms with van der Waals surface area (Å²) in [5, 5.41) is 2.58. The van der Waals surface area contributed by atoms with Crippen molar-refractivity contribution in [3.05, 3.63) is 34.9 Å². The van der Waals surface area contributed by atoms with Crippen LogP contribution in [0.1, 0.15) is 47.3 Å². The lowest BCUT2D eigenvalue weighted by molar-refractivity contribution is -0.126. The van der Waals surface area contributed by atoms with Crippen LogP contribution in [0.3, 0.4) is 0 Å². The van der Waals surface area contributed by atoms with Crippen LogP contribution < -0.4 is 5.32 Å². The van der Waals surface area contributed by atoms with Crippen molar-refractivity contribution in [2.24, 2.45) is 0 Å². The van der Waals surface area contributed by atoms with Gasteiger partial charge in [-0.25, -0.2) is 0 Å². The minimum Gasteiger partial charge on any atom is -0.357 e. The van der Waals surface area contributed by atoms with Gasteiger partial charge in [-0.15, -0.1) is 0 Å². The van der Waals surface area contributed by atoms with Gasteiger partial charge in [0.05, 0.1) is 6.04 Å². The highest BCUT2D eigenvalue weighted by Gasteiger charge is 2.40. The van der Waals surface area contributed by atoms with Gasteiger partial charge in [0, 0.05) is 19.0 Å². The fourth-order valence-electron chi connectivity index (χ4n) is 2.89. The Bertz CT molecular complexity index is 583. The zero-order valence-electron chi connectivity index (χ0n) is 12.6. The fourth-order valence-corrected chi connectivity index (χ4v) is 2.89. The zero-order valence-corrected chi connectivity index (χ0v) is 12.6. The topological polar surface area (TPSA) is 66.5 Å². The molecule has 5 heteroatoms. The van der Waals surface area contributed by atoms with Crippen LogP contribution in [-0.4, -0.2) is 36.1 Å². The summed E-state index contributed by atoms with van der Waals surface area (Å²) in [7, 11) is 1.54. The molecular formula is C16H20N2O3. The minimum absolute atomic E-state index is 0.142. The molecule has 2 unspecified atom stereocenters. The summed E-state index contributed by atoms with van der Waals surface area (Å²) in [5.74, 6) is -0.376. The summed E-state index contributed by atoms with van der Waals surface area (Å²) in [6.07, 6.45) is 1.37. The molecule has 2 rings (SSSR count). The van der Waals surface area contributed by atoms with E-state index in [4.69, 9.17) is 0 Å². The molecule has 1 heterocycles. The van der Waals surface area contributed by atoms with Gasteiger partial charge in [-0.05, 0) is 31.9 Å². The number of hydrogen-bond acceptors (Lipinski definition) is 3. The van der Waals surface area contributed by atoms with E-state index in [2.05, 4.69) is 5.32 Å². The van der Waals surface area contributed by atoms with Gasteiger partial charge >= 0.3 is 0 Å². The molecule has 1 aromatic carbocycles. The Hall–Kier alpha value is -2.17. The fraction of sp³-hybridized carbons (Fsp3) is 0.438. The van der Waals surface area contributed by atoms with Gasteiger partial charge < -0.3 is 15.0 Å². The number of aldehydes is 1. The molecule has 5 nitrogen and oxygen atoms in total. The van der Waals surface area contributed by atoms with E-state index in [1.807, 2.05) is 32.0 Å². The van der Waals surface area contributed by atoms with Crippen molar-refractivity contribution in [1.82, 2.24) is 10.2 Å². The molecule has 0 fully saturated rings. The average Bonchev–Trinajstić information content (AvgIpc) is 2.71. The Morgan fingerprint density at radius 2 is 2.19 bits per heavy atom. The van der Waals surface area contributed by atoms with Crippen LogP contribution in [0.25, 0.3) is 0 Å². The molecule has 0 radical (unpaired) electrons. The highest BCUT2D eigenvalue weighted by atomic mass is 16.2. The summed E-state index contributed by atoms with van der Waals surface area (Å²) in [6, 6.07) is 4.91. The standard InChI is InChI=1S/C16H20N2O3/c1-10-6-7-12-13(9-10)11(2)18(16(12)21)14(5-4-8-19)15(20)17-3/h6-9,11,14H,4-5H2,1-3H3,(H,17,20). The Morgan fingerprint density at radius 3 is 2.81 bits per heavy atom. The number of rotatable bonds is 5. The van der Waals surface area contributed by atoms with Crippen molar-refractivity contribution in [3.8, 4) is 0 Å². The molecule has 0 aromatic heterocycles. The Morgan fingerprint density at radius 1 is 1.48 bits per heavy atom. The first-order valence-corrected chi connectivity index (χ1v) is 7.09. The number of nitrogens with one attached hydrogen (secondary N) is 1. The van der Waals surface area contributed by atoms with E-state index in [1.54, 1.807) is 11.9 Å². The molecule has 1 aliphatic heterocycles. The maximum Gasteiger partial charge on any atom is 0.255 e. The van der Waals surface area contributed by atoms with Gasteiger partial charge in [-0.3, -0.25) is 9.59 Å². The zero-order chi connectivity index (χ0) is 15.6. The molecule has 112 valence electrons. The van der Waals surface area contributed by atoms with Crippen LogP contribution in [0, 0.1) is 6.92 Å². The van der Waals surface area contributed by atoms with Gasteiger partial charge in [-0.1, -0.05) is 17.7 Å². The number of carbonyl (C=O) groups is 3. The van der Waals surface area contributed by atoms with Gasteiger partial charge in [-0.2, -0.15) is 0 Å². The molecule has 0 saturated carbocycles. The van der Waals surface area contributed by atoms with Crippen molar-refractivity contribution in [2.45, 2.75) is 38.8 Å². The maximum atomic E-state index is 12.6. The van der Waals surface area contributed by atoms with Crippen LogP contribution in [0.4, 0.5) is 0 Å². The highest BCUT2D eigenvalue weighted by Crippen LogP contribution is 2.36. The van der Waals surface area contributed by atoms with E-state index in [9.17, 15) is 14.4 Å². The van der Waals surface area contributed by atoms with Gasteiger partial charge in [0.1, 0.15) is 12.3 Å². The monoisotopic (exact) mass is 288 g/mol. The molecule has 0 saturated heterocycles. The first-order chi connectivity index (χ1) is 10.0. The summed E-state index contributed by atoms with van der Waals surface area (Å²) in [5.41, 5.74) is 2.67. The van der Waals surface area contributed by atoms with Crippen LogP contribution in [0.5, 0.6) is 0 Å². The van der Waals surface area contributed by atoms with Gasteiger partial charge in [0.15, 0.2) is 0 Å². The van der Waals surface area contributed by atoms with E-state index >= 15 is 0 Å². The van der Waals surface area contributed by atoms with E-state index in [0.29, 0.717) is 12.0 Å². The summed E-state index contributed by atoms with van der Waals surface area (Å²) in [4.78, 5) is 36.9. The molecule has 2 amide bonds. The third-order valence-corrected chi connectivity index (χ3v) is 3.98. The number of aryl methyl sites for hydroxylation is 1. The number of amides is 2. The molecule has 0 aliphatic carbocycles. The Kier molecular flexibility index (Phi) is 4.40. The smallest absolute Gasteiger partial charge is 0.255 e. The van der Waals surface area contributed by atoms with Crippen LogP contribution >= 0.6 is 0 Å². The van der Waals surface area contributed by atoms with Crippen LogP contribution in [0.15, 0.2) is 18.2 Å². The van der Waals surface area contributed by atoms with Crippen LogP contribution in [-0.2, 0) is 9.59 Å². The lowest BCUT2D eigenvalue weighted by atomic mass is 10.0. The van der Waals surface area contributed by atoms with Crippen LogP contribution in [0.2, 0.25) is 0 Å². The van der Waals surface area contributed by atoms with E-state index < -0.39 is 6.04 Å². The maximum absolute atomic E-state index is 12.6.